The molecule has 1 aromatic heterocycles. The highest BCUT2D eigenvalue weighted by Gasteiger charge is 2.30. The standard InChI is InChI=1S/C11H7F3N2.ClH/c12-11(13,14)10-3-1-2-8(4-10)9-5-15-7-16-6-9;/h1-7H;1H. The molecule has 0 unspecified atom stereocenters. The van der Waals surface area contributed by atoms with Crippen LogP contribution in [0.15, 0.2) is 43.0 Å². The Morgan fingerprint density at radius 2 is 1.59 bits per heavy atom. The Morgan fingerprint density at radius 3 is 2.18 bits per heavy atom. The molecule has 0 amide bonds. The van der Waals surface area contributed by atoms with Crippen molar-refractivity contribution in [1.82, 2.24) is 9.97 Å². The zero-order valence-electron chi connectivity index (χ0n) is 8.48. The number of aromatic nitrogens is 2. The van der Waals surface area contributed by atoms with Crippen molar-refractivity contribution in [1.29, 1.82) is 0 Å². The third-order valence-electron chi connectivity index (χ3n) is 2.08. The highest BCUT2D eigenvalue weighted by Crippen LogP contribution is 2.31. The summed E-state index contributed by atoms with van der Waals surface area (Å²) in [6, 6.07) is 5.07. The van der Waals surface area contributed by atoms with Crippen molar-refractivity contribution in [3.63, 3.8) is 0 Å². The first-order valence-electron chi connectivity index (χ1n) is 4.50. The van der Waals surface area contributed by atoms with Crippen molar-refractivity contribution in [3.8, 4) is 11.1 Å². The van der Waals surface area contributed by atoms with Crippen molar-refractivity contribution in [2.24, 2.45) is 0 Å². The second-order valence-electron chi connectivity index (χ2n) is 3.21. The van der Waals surface area contributed by atoms with Crippen molar-refractivity contribution < 1.29 is 13.2 Å². The van der Waals surface area contributed by atoms with Crippen LogP contribution in [0.2, 0.25) is 0 Å². The molecule has 0 aliphatic heterocycles. The molecule has 6 heteroatoms. The predicted octanol–water partition coefficient (Wildman–Crippen LogP) is 3.58. The van der Waals surface area contributed by atoms with Gasteiger partial charge in [0.1, 0.15) is 6.33 Å². The summed E-state index contributed by atoms with van der Waals surface area (Å²) < 4.78 is 37.4. The highest BCUT2D eigenvalue weighted by atomic mass is 35.5. The molecule has 0 spiro atoms. The van der Waals surface area contributed by atoms with Crippen molar-refractivity contribution in [2.75, 3.05) is 0 Å². The predicted molar refractivity (Wildman–Crippen MR) is 59.7 cm³/mol. The van der Waals surface area contributed by atoms with Gasteiger partial charge in [-0.1, -0.05) is 12.1 Å². The van der Waals surface area contributed by atoms with Gasteiger partial charge >= 0.3 is 6.18 Å². The van der Waals surface area contributed by atoms with E-state index in [0.29, 0.717) is 11.1 Å². The van der Waals surface area contributed by atoms with Crippen LogP contribution >= 0.6 is 12.4 Å². The fraction of sp³-hybridized carbons (Fsp3) is 0.0909. The van der Waals surface area contributed by atoms with E-state index in [1.807, 2.05) is 0 Å². The zero-order chi connectivity index (χ0) is 11.6. The summed E-state index contributed by atoms with van der Waals surface area (Å²) in [5.74, 6) is 0. The molecule has 0 atom stereocenters. The molecule has 0 aliphatic carbocycles. The van der Waals surface area contributed by atoms with E-state index in [1.54, 1.807) is 6.07 Å². The SMILES string of the molecule is Cl.FC(F)(F)c1cccc(-c2cncnc2)c1. The van der Waals surface area contributed by atoms with E-state index < -0.39 is 11.7 Å². The van der Waals surface area contributed by atoms with E-state index in [-0.39, 0.29) is 12.4 Å². The van der Waals surface area contributed by atoms with Gasteiger partial charge in [-0.3, -0.25) is 0 Å². The van der Waals surface area contributed by atoms with Crippen LogP contribution < -0.4 is 0 Å². The maximum Gasteiger partial charge on any atom is 0.416 e. The summed E-state index contributed by atoms with van der Waals surface area (Å²) in [4.78, 5) is 7.52. The van der Waals surface area contributed by atoms with Gasteiger partial charge in [-0.05, 0) is 17.7 Å². The van der Waals surface area contributed by atoms with Crippen LogP contribution in [0.1, 0.15) is 5.56 Å². The Bertz CT molecular complexity index is 486. The van der Waals surface area contributed by atoms with Gasteiger partial charge in [0.2, 0.25) is 0 Å². The molecule has 2 aromatic rings. The van der Waals surface area contributed by atoms with E-state index in [4.69, 9.17) is 0 Å². The Balaban J connectivity index is 0.00000144. The Morgan fingerprint density at radius 1 is 0.941 bits per heavy atom. The van der Waals surface area contributed by atoms with E-state index in [2.05, 4.69) is 9.97 Å². The smallest absolute Gasteiger partial charge is 0.244 e. The van der Waals surface area contributed by atoms with Gasteiger partial charge in [0.05, 0.1) is 5.56 Å². The number of benzene rings is 1. The Kier molecular flexibility index (Phi) is 4.07. The molecule has 1 heterocycles. The minimum absolute atomic E-state index is 0. The third kappa shape index (κ3) is 3.17. The molecule has 0 N–H and O–H groups in total. The quantitative estimate of drug-likeness (QED) is 0.783. The van der Waals surface area contributed by atoms with Crippen LogP contribution in [-0.2, 0) is 6.18 Å². The molecule has 0 aliphatic rings. The molecule has 17 heavy (non-hydrogen) atoms. The first-order valence-corrected chi connectivity index (χ1v) is 4.50. The Labute approximate surface area is 102 Å². The first kappa shape index (κ1) is 13.4. The van der Waals surface area contributed by atoms with E-state index in [1.165, 1.54) is 24.8 Å². The average Bonchev–Trinajstić information content (AvgIpc) is 2.29. The van der Waals surface area contributed by atoms with Gasteiger partial charge in [0.15, 0.2) is 0 Å². The normalized spacial score (nSPS) is 10.8. The maximum atomic E-state index is 12.5. The van der Waals surface area contributed by atoms with Crippen LogP contribution in [-0.4, -0.2) is 9.97 Å². The number of rotatable bonds is 1. The lowest BCUT2D eigenvalue weighted by atomic mass is 10.1. The minimum Gasteiger partial charge on any atom is -0.244 e. The number of nitrogens with zero attached hydrogens (tertiary/aromatic N) is 2. The maximum absolute atomic E-state index is 12.5. The minimum atomic E-state index is -4.33. The van der Waals surface area contributed by atoms with Crippen molar-refractivity contribution in [2.45, 2.75) is 6.18 Å². The highest BCUT2D eigenvalue weighted by molar-refractivity contribution is 5.85. The van der Waals surface area contributed by atoms with Gasteiger partial charge in [-0.2, -0.15) is 13.2 Å². The molecular weight excluding hydrogens is 253 g/mol. The molecule has 0 saturated heterocycles. The monoisotopic (exact) mass is 260 g/mol. The zero-order valence-corrected chi connectivity index (χ0v) is 9.29. The summed E-state index contributed by atoms with van der Waals surface area (Å²) in [6.45, 7) is 0. The molecular formula is C11H8ClF3N2. The van der Waals surface area contributed by atoms with E-state index >= 15 is 0 Å². The number of halogens is 4. The van der Waals surface area contributed by atoms with Gasteiger partial charge < -0.3 is 0 Å². The van der Waals surface area contributed by atoms with Crippen molar-refractivity contribution in [3.05, 3.63) is 48.5 Å². The van der Waals surface area contributed by atoms with Crippen molar-refractivity contribution >= 4 is 12.4 Å². The molecule has 0 bridgehead atoms. The van der Waals surface area contributed by atoms with Crippen LogP contribution in [0.4, 0.5) is 13.2 Å². The second kappa shape index (κ2) is 5.14. The molecule has 0 radical (unpaired) electrons. The molecule has 2 nitrogen and oxygen atoms in total. The van der Waals surface area contributed by atoms with Gasteiger partial charge in [0.25, 0.3) is 0 Å². The van der Waals surface area contributed by atoms with E-state index in [0.717, 1.165) is 12.1 Å². The van der Waals surface area contributed by atoms with Crippen LogP contribution in [0.3, 0.4) is 0 Å². The number of hydrogen-bond acceptors (Lipinski definition) is 2. The fourth-order valence-corrected chi connectivity index (χ4v) is 1.32. The lowest BCUT2D eigenvalue weighted by molar-refractivity contribution is -0.137. The number of alkyl halides is 3. The first-order chi connectivity index (χ1) is 7.57. The summed E-state index contributed by atoms with van der Waals surface area (Å²) in [7, 11) is 0. The lowest BCUT2D eigenvalue weighted by Gasteiger charge is -2.08. The molecule has 2 rings (SSSR count). The Hall–Kier alpha value is -1.62. The van der Waals surface area contributed by atoms with E-state index in [9.17, 15) is 13.2 Å². The average molecular weight is 261 g/mol. The summed E-state index contributed by atoms with van der Waals surface area (Å²) in [5, 5.41) is 0. The van der Waals surface area contributed by atoms with Crippen LogP contribution in [0.25, 0.3) is 11.1 Å². The second-order valence-corrected chi connectivity index (χ2v) is 3.21. The number of hydrogen-bond donors (Lipinski definition) is 0. The molecule has 0 saturated carbocycles. The molecule has 90 valence electrons. The summed E-state index contributed by atoms with van der Waals surface area (Å²) in [6.07, 6.45) is -0.0479. The van der Waals surface area contributed by atoms with Gasteiger partial charge in [0, 0.05) is 18.0 Å². The van der Waals surface area contributed by atoms with Gasteiger partial charge in [-0.15, -0.1) is 12.4 Å². The molecule has 0 fully saturated rings. The summed E-state index contributed by atoms with van der Waals surface area (Å²) in [5.41, 5.74) is 0.345. The third-order valence-corrected chi connectivity index (χ3v) is 2.08. The molecule has 1 aromatic carbocycles. The van der Waals surface area contributed by atoms with Crippen LogP contribution in [0.5, 0.6) is 0 Å². The fourth-order valence-electron chi connectivity index (χ4n) is 1.32. The largest absolute Gasteiger partial charge is 0.416 e. The lowest BCUT2D eigenvalue weighted by Crippen LogP contribution is -2.04. The summed E-state index contributed by atoms with van der Waals surface area (Å²) >= 11 is 0. The van der Waals surface area contributed by atoms with Crippen LogP contribution in [0, 0.1) is 0 Å². The topological polar surface area (TPSA) is 25.8 Å². The van der Waals surface area contributed by atoms with Gasteiger partial charge in [-0.25, -0.2) is 9.97 Å².